The Hall–Kier alpha value is -1.00. The van der Waals surface area contributed by atoms with E-state index in [2.05, 4.69) is 20.8 Å². The second-order valence-corrected chi connectivity index (χ2v) is 2.32. The van der Waals surface area contributed by atoms with E-state index in [-0.39, 0.29) is 24.8 Å². The van der Waals surface area contributed by atoms with Gasteiger partial charge in [0.1, 0.15) is 5.84 Å². The zero-order valence-electron chi connectivity index (χ0n) is 6.94. The SMILES string of the molecule is CC1=Nc2ncccc2NN1.Cl.Cl. The molecule has 0 aromatic carbocycles. The summed E-state index contributed by atoms with van der Waals surface area (Å²) < 4.78 is 0. The number of rotatable bonds is 0. The third-order valence-corrected chi connectivity index (χ3v) is 1.44. The number of aliphatic imine (C=N–C) groups is 1. The Morgan fingerprint density at radius 1 is 1.23 bits per heavy atom. The van der Waals surface area contributed by atoms with E-state index in [0.29, 0.717) is 0 Å². The maximum Gasteiger partial charge on any atom is 0.179 e. The molecule has 2 heterocycles. The molecule has 1 aliphatic rings. The lowest BCUT2D eigenvalue weighted by atomic mass is 10.4. The van der Waals surface area contributed by atoms with Crippen LogP contribution in [0.4, 0.5) is 11.5 Å². The molecule has 0 amide bonds. The van der Waals surface area contributed by atoms with Gasteiger partial charge >= 0.3 is 0 Å². The van der Waals surface area contributed by atoms with Gasteiger partial charge < -0.3 is 0 Å². The van der Waals surface area contributed by atoms with Crippen molar-refractivity contribution in [1.82, 2.24) is 10.4 Å². The van der Waals surface area contributed by atoms with Crippen molar-refractivity contribution in [3.05, 3.63) is 18.3 Å². The van der Waals surface area contributed by atoms with Crippen LogP contribution < -0.4 is 10.9 Å². The highest BCUT2D eigenvalue weighted by molar-refractivity contribution is 5.87. The summed E-state index contributed by atoms with van der Waals surface area (Å²) in [6.07, 6.45) is 1.72. The maximum atomic E-state index is 4.18. The lowest BCUT2D eigenvalue weighted by molar-refractivity contribution is 1.05. The topological polar surface area (TPSA) is 49.3 Å². The fraction of sp³-hybridized carbons (Fsp3) is 0.143. The average molecular weight is 221 g/mol. The molecule has 0 radical (unpaired) electrons. The summed E-state index contributed by atoms with van der Waals surface area (Å²) in [5.41, 5.74) is 6.78. The Morgan fingerprint density at radius 2 is 2.00 bits per heavy atom. The third-order valence-electron chi connectivity index (χ3n) is 1.44. The van der Waals surface area contributed by atoms with Crippen LogP contribution in [0, 0.1) is 0 Å². The van der Waals surface area contributed by atoms with E-state index in [1.165, 1.54) is 0 Å². The smallest absolute Gasteiger partial charge is 0.179 e. The molecule has 2 rings (SSSR count). The number of fused-ring (bicyclic) bond motifs is 1. The molecular weight excluding hydrogens is 211 g/mol. The van der Waals surface area contributed by atoms with Crippen molar-refractivity contribution in [2.45, 2.75) is 6.92 Å². The van der Waals surface area contributed by atoms with Crippen LogP contribution in [0.5, 0.6) is 0 Å². The Balaban J connectivity index is 0.000000720. The lowest BCUT2D eigenvalue weighted by Gasteiger charge is -2.15. The standard InChI is InChI=1S/C7H8N4.2ClH/c1-5-9-7-6(11-10-5)3-2-4-8-7;;/h2-4,11H,1H3,(H,8,9,10);2*1H. The van der Waals surface area contributed by atoms with Crippen molar-refractivity contribution < 1.29 is 0 Å². The fourth-order valence-corrected chi connectivity index (χ4v) is 0.928. The largest absolute Gasteiger partial charge is 0.296 e. The van der Waals surface area contributed by atoms with Crippen molar-refractivity contribution in [2.75, 3.05) is 5.43 Å². The van der Waals surface area contributed by atoms with E-state index in [1.807, 2.05) is 19.1 Å². The van der Waals surface area contributed by atoms with E-state index in [1.54, 1.807) is 6.20 Å². The molecule has 1 aliphatic heterocycles. The fourth-order valence-electron chi connectivity index (χ4n) is 0.928. The van der Waals surface area contributed by atoms with Gasteiger partial charge in [0.2, 0.25) is 0 Å². The number of halogens is 2. The van der Waals surface area contributed by atoms with Crippen LogP contribution in [0.25, 0.3) is 0 Å². The molecule has 0 saturated heterocycles. The van der Waals surface area contributed by atoms with Crippen molar-refractivity contribution >= 4 is 42.2 Å². The zero-order chi connectivity index (χ0) is 7.68. The molecule has 4 nitrogen and oxygen atoms in total. The molecule has 72 valence electrons. The molecule has 0 bridgehead atoms. The van der Waals surface area contributed by atoms with Gasteiger partial charge in [-0.05, 0) is 19.1 Å². The number of anilines is 1. The first kappa shape index (κ1) is 12.0. The van der Waals surface area contributed by atoms with Gasteiger partial charge in [0.05, 0.1) is 5.69 Å². The maximum absolute atomic E-state index is 4.18. The van der Waals surface area contributed by atoms with Crippen LogP contribution in [0.15, 0.2) is 23.3 Å². The summed E-state index contributed by atoms with van der Waals surface area (Å²) in [7, 11) is 0. The van der Waals surface area contributed by atoms with Crippen molar-refractivity contribution in [3.63, 3.8) is 0 Å². The van der Waals surface area contributed by atoms with Gasteiger partial charge in [0.25, 0.3) is 0 Å². The number of nitrogens with one attached hydrogen (secondary N) is 2. The molecule has 0 atom stereocenters. The number of hydrazine groups is 1. The highest BCUT2D eigenvalue weighted by Crippen LogP contribution is 2.22. The molecule has 1 aromatic rings. The zero-order valence-corrected chi connectivity index (χ0v) is 8.58. The van der Waals surface area contributed by atoms with Crippen LogP contribution >= 0.6 is 24.8 Å². The Labute approximate surface area is 88.6 Å². The number of aromatic nitrogens is 1. The minimum Gasteiger partial charge on any atom is -0.296 e. The van der Waals surface area contributed by atoms with E-state index in [4.69, 9.17) is 0 Å². The third kappa shape index (κ3) is 2.47. The van der Waals surface area contributed by atoms with Crippen molar-refractivity contribution in [3.8, 4) is 0 Å². The van der Waals surface area contributed by atoms with Gasteiger partial charge in [0.15, 0.2) is 5.82 Å². The lowest BCUT2D eigenvalue weighted by Crippen LogP contribution is -2.29. The van der Waals surface area contributed by atoms with Gasteiger partial charge in [-0.1, -0.05) is 0 Å². The first-order chi connectivity index (χ1) is 5.36. The number of hydrogen-bond donors (Lipinski definition) is 2. The summed E-state index contributed by atoms with van der Waals surface area (Å²) in [5, 5.41) is 0. The number of pyridine rings is 1. The van der Waals surface area contributed by atoms with Crippen molar-refractivity contribution in [2.24, 2.45) is 4.99 Å². The molecule has 1 aromatic heterocycles. The van der Waals surface area contributed by atoms with E-state index < -0.39 is 0 Å². The van der Waals surface area contributed by atoms with Crippen LogP contribution in [0.3, 0.4) is 0 Å². The molecule has 0 aliphatic carbocycles. The summed E-state index contributed by atoms with van der Waals surface area (Å²) in [6, 6.07) is 3.79. The predicted octanol–water partition coefficient (Wildman–Crippen LogP) is 1.91. The highest BCUT2D eigenvalue weighted by Gasteiger charge is 2.06. The van der Waals surface area contributed by atoms with E-state index in [9.17, 15) is 0 Å². The van der Waals surface area contributed by atoms with Crippen LogP contribution in [0.1, 0.15) is 6.92 Å². The minimum absolute atomic E-state index is 0. The molecule has 13 heavy (non-hydrogen) atoms. The van der Waals surface area contributed by atoms with Gasteiger partial charge in [0, 0.05) is 6.20 Å². The summed E-state index contributed by atoms with van der Waals surface area (Å²) in [4.78, 5) is 8.26. The second-order valence-electron chi connectivity index (χ2n) is 2.32. The van der Waals surface area contributed by atoms with Gasteiger partial charge in [-0.2, -0.15) is 0 Å². The summed E-state index contributed by atoms with van der Waals surface area (Å²) in [6.45, 7) is 1.88. The van der Waals surface area contributed by atoms with Crippen LogP contribution in [-0.4, -0.2) is 10.8 Å². The van der Waals surface area contributed by atoms with Crippen LogP contribution in [-0.2, 0) is 0 Å². The number of amidine groups is 1. The first-order valence-electron chi connectivity index (χ1n) is 3.38. The Morgan fingerprint density at radius 3 is 2.77 bits per heavy atom. The van der Waals surface area contributed by atoms with Crippen LogP contribution in [0.2, 0.25) is 0 Å². The highest BCUT2D eigenvalue weighted by atomic mass is 35.5. The minimum atomic E-state index is 0. The number of nitrogens with zero attached hydrogens (tertiary/aromatic N) is 2. The van der Waals surface area contributed by atoms with Gasteiger partial charge in [-0.3, -0.25) is 10.9 Å². The van der Waals surface area contributed by atoms with Gasteiger partial charge in [-0.25, -0.2) is 9.98 Å². The summed E-state index contributed by atoms with van der Waals surface area (Å²) >= 11 is 0. The second kappa shape index (κ2) is 4.89. The van der Waals surface area contributed by atoms with E-state index in [0.717, 1.165) is 17.3 Å². The normalized spacial score (nSPS) is 11.9. The number of hydrogen-bond acceptors (Lipinski definition) is 4. The van der Waals surface area contributed by atoms with Gasteiger partial charge in [-0.15, -0.1) is 24.8 Å². The molecule has 0 fully saturated rings. The monoisotopic (exact) mass is 220 g/mol. The average Bonchev–Trinajstić information content (AvgIpc) is 2.04. The Kier molecular flexibility index (Phi) is 4.51. The first-order valence-corrected chi connectivity index (χ1v) is 3.38. The molecule has 0 spiro atoms. The molecular formula is C7H10Cl2N4. The predicted molar refractivity (Wildman–Crippen MR) is 58.3 cm³/mol. The van der Waals surface area contributed by atoms with E-state index >= 15 is 0 Å². The molecule has 6 heteroatoms. The quantitative estimate of drug-likeness (QED) is 0.703. The molecule has 2 N–H and O–H groups in total. The Bertz CT molecular complexity index is 313. The van der Waals surface area contributed by atoms with Crippen molar-refractivity contribution in [1.29, 1.82) is 0 Å². The molecule has 0 unspecified atom stereocenters. The summed E-state index contributed by atoms with van der Waals surface area (Å²) in [5.74, 6) is 1.57. The molecule has 0 saturated carbocycles.